The van der Waals surface area contributed by atoms with Crippen molar-refractivity contribution in [2.75, 3.05) is 19.8 Å². The zero-order chi connectivity index (χ0) is 7.56. The van der Waals surface area contributed by atoms with Crippen molar-refractivity contribution in [2.24, 2.45) is 0 Å². The molecule has 1 aliphatic heterocycles. The number of likely N-dealkylation sites (N-methyl/N-ethyl adjacent to an activating group) is 1. The molecule has 0 saturated carbocycles. The van der Waals surface area contributed by atoms with Gasteiger partial charge in [0.2, 0.25) is 0 Å². The highest BCUT2D eigenvalue weighted by Crippen LogP contribution is 2.22. The summed E-state index contributed by atoms with van der Waals surface area (Å²) in [5, 5.41) is 0.667. The van der Waals surface area contributed by atoms with Gasteiger partial charge in [0, 0.05) is 11.8 Å². The highest BCUT2D eigenvalue weighted by atomic mass is 32.2. The van der Waals surface area contributed by atoms with Gasteiger partial charge in [-0.2, -0.15) is 11.8 Å². The van der Waals surface area contributed by atoms with Crippen molar-refractivity contribution in [2.45, 2.75) is 17.7 Å². The zero-order valence-corrected chi connectivity index (χ0v) is 7.23. The lowest BCUT2D eigenvalue weighted by molar-refractivity contribution is -0.111. The Hall–Kier alpha value is -0.0200. The van der Waals surface area contributed by atoms with E-state index in [-0.39, 0.29) is 6.04 Å². The van der Waals surface area contributed by atoms with Gasteiger partial charge in [0.05, 0.1) is 6.04 Å². The first-order valence-electron chi connectivity index (χ1n) is 3.46. The number of carbonyl (C=O) groups excluding carboxylic acids is 1. The van der Waals surface area contributed by atoms with Gasteiger partial charge in [0.15, 0.2) is 0 Å². The van der Waals surface area contributed by atoms with Crippen molar-refractivity contribution in [3.8, 4) is 0 Å². The van der Waals surface area contributed by atoms with Crippen molar-refractivity contribution < 1.29 is 4.79 Å². The Bertz CT molecular complexity index is 129. The van der Waals surface area contributed by atoms with Gasteiger partial charge in [-0.1, -0.05) is 0 Å². The first kappa shape index (κ1) is 8.08. The molecule has 0 spiro atoms. The Balaban J connectivity index is 2.43. The van der Waals surface area contributed by atoms with Crippen molar-refractivity contribution in [1.82, 2.24) is 4.90 Å². The number of nitrogens with zero attached hydrogens (tertiary/aromatic N) is 1. The van der Waals surface area contributed by atoms with E-state index in [0.717, 1.165) is 19.3 Å². The minimum atomic E-state index is 0.178. The van der Waals surface area contributed by atoms with E-state index in [1.807, 2.05) is 18.8 Å². The lowest BCUT2D eigenvalue weighted by Gasteiger charge is -2.10. The molecule has 58 valence electrons. The van der Waals surface area contributed by atoms with Gasteiger partial charge >= 0.3 is 0 Å². The van der Waals surface area contributed by atoms with Crippen LogP contribution in [0, 0.1) is 0 Å². The van der Waals surface area contributed by atoms with Crippen LogP contribution >= 0.6 is 11.8 Å². The van der Waals surface area contributed by atoms with E-state index >= 15 is 0 Å². The second-order valence-electron chi connectivity index (χ2n) is 2.74. The Kier molecular flexibility index (Phi) is 2.74. The third-order valence-corrected chi connectivity index (χ3v) is 3.06. The van der Waals surface area contributed by atoms with Gasteiger partial charge in [0.1, 0.15) is 6.29 Å². The summed E-state index contributed by atoms with van der Waals surface area (Å²) < 4.78 is 0. The first-order chi connectivity index (χ1) is 4.77. The SMILES string of the molecule is CS[C@H]1C[C@@H](C=O)N(C)C1. The quantitative estimate of drug-likeness (QED) is 0.551. The second kappa shape index (κ2) is 3.39. The summed E-state index contributed by atoms with van der Waals surface area (Å²) in [6.07, 6.45) is 4.18. The summed E-state index contributed by atoms with van der Waals surface area (Å²) in [6.45, 7) is 1.06. The van der Waals surface area contributed by atoms with Gasteiger partial charge in [0.25, 0.3) is 0 Å². The van der Waals surface area contributed by atoms with Crippen LogP contribution in [0.3, 0.4) is 0 Å². The van der Waals surface area contributed by atoms with Gasteiger partial charge in [-0.15, -0.1) is 0 Å². The minimum absolute atomic E-state index is 0.178. The number of thioether (sulfide) groups is 1. The molecule has 0 aromatic carbocycles. The molecule has 10 heavy (non-hydrogen) atoms. The lowest BCUT2D eigenvalue weighted by Crippen LogP contribution is -2.25. The van der Waals surface area contributed by atoms with Crippen molar-refractivity contribution >= 4 is 18.0 Å². The van der Waals surface area contributed by atoms with Crippen LogP contribution in [0.15, 0.2) is 0 Å². The summed E-state index contributed by atoms with van der Waals surface area (Å²) in [6, 6.07) is 0.178. The van der Waals surface area contributed by atoms with E-state index in [1.165, 1.54) is 0 Å². The standard InChI is InChI=1S/C7H13NOS/c1-8-4-7(10-2)3-6(8)5-9/h5-7H,3-4H2,1-2H3/t6-,7-/m0/s1. The third kappa shape index (κ3) is 1.52. The predicted octanol–water partition coefficient (Wildman–Crippen LogP) is 0.621. The molecular weight excluding hydrogens is 146 g/mol. The van der Waals surface area contributed by atoms with E-state index in [2.05, 4.69) is 11.2 Å². The molecule has 0 aromatic heterocycles. The van der Waals surface area contributed by atoms with E-state index < -0.39 is 0 Å². The fourth-order valence-corrected chi connectivity index (χ4v) is 2.08. The molecular formula is C7H13NOS. The van der Waals surface area contributed by atoms with Gasteiger partial charge < -0.3 is 4.79 Å². The molecule has 1 heterocycles. The maximum absolute atomic E-state index is 10.4. The summed E-state index contributed by atoms with van der Waals surface area (Å²) in [7, 11) is 2.01. The summed E-state index contributed by atoms with van der Waals surface area (Å²) >= 11 is 1.85. The Morgan fingerprint density at radius 1 is 1.70 bits per heavy atom. The molecule has 1 saturated heterocycles. The summed E-state index contributed by atoms with van der Waals surface area (Å²) in [4.78, 5) is 12.5. The number of hydrogen-bond donors (Lipinski definition) is 0. The fourth-order valence-electron chi connectivity index (χ4n) is 1.31. The third-order valence-electron chi connectivity index (χ3n) is 2.05. The van der Waals surface area contributed by atoms with E-state index in [9.17, 15) is 4.79 Å². The van der Waals surface area contributed by atoms with Crippen LogP contribution in [0.2, 0.25) is 0 Å². The Morgan fingerprint density at radius 3 is 2.70 bits per heavy atom. The molecule has 2 atom stereocenters. The topological polar surface area (TPSA) is 20.3 Å². The molecule has 0 amide bonds. The molecule has 1 aliphatic rings. The van der Waals surface area contributed by atoms with E-state index in [1.54, 1.807) is 0 Å². The molecule has 1 fully saturated rings. The second-order valence-corrected chi connectivity index (χ2v) is 3.87. The van der Waals surface area contributed by atoms with Crippen molar-refractivity contribution in [3.63, 3.8) is 0 Å². The highest BCUT2D eigenvalue weighted by Gasteiger charge is 2.27. The van der Waals surface area contributed by atoms with Crippen LogP contribution in [-0.4, -0.2) is 42.3 Å². The smallest absolute Gasteiger partial charge is 0.137 e. The monoisotopic (exact) mass is 159 g/mol. The van der Waals surface area contributed by atoms with Gasteiger partial charge in [-0.25, -0.2) is 0 Å². The van der Waals surface area contributed by atoms with Crippen molar-refractivity contribution in [3.05, 3.63) is 0 Å². The minimum Gasteiger partial charge on any atom is -0.302 e. The van der Waals surface area contributed by atoms with Gasteiger partial charge in [-0.05, 0) is 19.7 Å². The molecule has 0 bridgehead atoms. The van der Waals surface area contributed by atoms with Crippen LogP contribution < -0.4 is 0 Å². The van der Waals surface area contributed by atoms with Crippen LogP contribution in [0.1, 0.15) is 6.42 Å². The van der Waals surface area contributed by atoms with E-state index in [0.29, 0.717) is 5.25 Å². The maximum Gasteiger partial charge on any atom is 0.137 e. The van der Waals surface area contributed by atoms with Gasteiger partial charge in [-0.3, -0.25) is 4.90 Å². The van der Waals surface area contributed by atoms with Crippen molar-refractivity contribution in [1.29, 1.82) is 0 Å². The molecule has 0 aromatic rings. The molecule has 2 nitrogen and oxygen atoms in total. The maximum atomic E-state index is 10.4. The Labute approximate surface area is 66.0 Å². The van der Waals surface area contributed by atoms with Crippen LogP contribution in [-0.2, 0) is 4.79 Å². The predicted molar refractivity (Wildman–Crippen MR) is 44.4 cm³/mol. The molecule has 3 heteroatoms. The highest BCUT2D eigenvalue weighted by molar-refractivity contribution is 7.99. The largest absolute Gasteiger partial charge is 0.302 e. The average Bonchev–Trinajstić information content (AvgIpc) is 2.30. The van der Waals surface area contributed by atoms with Crippen LogP contribution in [0.5, 0.6) is 0 Å². The first-order valence-corrected chi connectivity index (χ1v) is 4.75. The normalized spacial score (nSPS) is 34.6. The molecule has 0 N–H and O–H groups in total. The molecule has 1 rings (SSSR count). The summed E-state index contributed by atoms with van der Waals surface area (Å²) in [5.74, 6) is 0. The van der Waals surface area contributed by atoms with E-state index in [4.69, 9.17) is 0 Å². The number of likely N-dealkylation sites (tertiary alicyclic amines) is 1. The van der Waals surface area contributed by atoms with Crippen LogP contribution in [0.4, 0.5) is 0 Å². The number of hydrogen-bond acceptors (Lipinski definition) is 3. The zero-order valence-electron chi connectivity index (χ0n) is 6.41. The fraction of sp³-hybridized carbons (Fsp3) is 0.857. The number of rotatable bonds is 2. The molecule has 0 unspecified atom stereocenters. The molecule has 0 aliphatic carbocycles. The average molecular weight is 159 g/mol. The van der Waals surface area contributed by atoms with Crippen LogP contribution in [0.25, 0.3) is 0 Å². The lowest BCUT2D eigenvalue weighted by atomic mass is 10.2. The molecule has 0 radical (unpaired) electrons. The number of aldehydes is 1. The summed E-state index contributed by atoms with van der Waals surface area (Å²) in [5.41, 5.74) is 0. The Morgan fingerprint density at radius 2 is 2.40 bits per heavy atom. The number of carbonyl (C=O) groups is 1.